The maximum Gasteiger partial charge on any atom is 0.256 e. The van der Waals surface area contributed by atoms with Crippen molar-refractivity contribution in [1.29, 1.82) is 0 Å². The number of benzene rings is 2. The van der Waals surface area contributed by atoms with Crippen LogP contribution in [0.15, 0.2) is 54.7 Å². The Morgan fingerprint density at radius 3 is 2.59 bits per heavy atom. The molecule has 27 heavy (non-hydrogen) atoms. The molecule has 3 rings (SSSR count). The number of methoxy groups -OCH3 is 1. The van der Waals surface area contributed by atoms with Crippen LogP contribution < -0.4 is 14.8 Å². The van der Waals surface area contributed by atoms with Gasteiger partial charge in [0.05, 0.1) is 24.6 Å². The van der Waals surface area contributed by atoms with Crippen molar-refractivity contribution in [3.05, 3.63) is 75.2 Å². The quantitative estimate of drug-likeness (QED) is 0.513. The molecule has 2 aromatic carbocycles. The number of ether oxygens (including phenoxy) is 2. The fraction of sp³-hybridized carbons (Fsp3) is 0.100. The minimum atomic E-state index is -0.384. The predicted octanol–water partition coefficient (Wildman–Crippen LogP) is 5.19. The van der Waals surface area contributed by atoms with E-state index in [1.54, 1.807) is 19.2 Å². The molecule has 0 fully saturated rings. The van der Waals surface area contributed by atoms with Gasteiger partial charge in [-0.05, 0) is 71.5 Å². The third-order valence-corrected chi connectivity index (χ3v) is 4.60. The Kier molecular flexibility index (Phi) is 5.90. The van der Waals surface area contributed by atoms with E-state index in [2.05, 4.69) is 10.3 Å². The highest BCUT2D eigenvalue weighted by atomic mass is 127. The molecule has 0 saturated carbocycles. The van der Waals surface area contributed by atoms with Crippen LogP contribution in [-0.4, -0.2) is 18.0 Å². The summed E-state index contributed by atoms with van der Waals surface area (Å²) < 4.78 is 24.7. The molecule has 0 radical (unpaired) electrons. The Morgan fingerprint density at radius 2 is 1.93 bits per heavy atom. The third kappa shape index (κ3) is 4.73. The Hall–Kier alpha value is -2.68. The molecule has 1 heterocycles. The van der Waals surface area contributed by atoms with Crippen LogP contribution in [0.4, 0.5) is 10.1 Å². The van der Waals surface area contributed by atoms with Gasteiger partial charge in [0.1, 0.15) is 5.82 Å². The lowest BCUT2D eigenvalue weighted by Crippen LogP contribution is -2.13. The normalized spacial score (nSPS) is 10.4. The van der Waals surface area contributed by atoms with Gasteiger partial charge in [-0.25, -0.2) is 9.37 Å². The van der Waals surface area contributed by atoms with Crippen LogP contribution >= 0.6 is 22.6 Å². The van der Waals surface area contributed by atoms with E-state index in [4.69, 9.17) is 9.47 Å². The maximum absolute atomic E-state index is 13.2. The van der Waals surface area contributed by atoms with E-state index in [1.165, 1.54) is 24.4 Å². The van der Waals surface area contributed by atoms with E-state index in [1.807, 2.05) is 47.7 Å². The number of rotatable bonds is 5. The summed E-state index contributed by atoms with van der Waals surface area (Å²) in [7, 11) is 1.57. The minimum absolute atomic E-state index is 0.338. The maximum atomic E-state index is 13.2. The van der Waals surface area contributed by atoms with Gasteiger partial charge in [0.2, 0.25) is 5.88 Å². The van der Waals surface area contributed by atoms with Crippen LogP contribution in [0.3, 0.4) is 0 Å². The number of carbonyl (C=O) groups is 1. The molecule has 0 aliphatic heterocycles. The average Bonchev–Trinajstić information content (AvgIpc) is 2.64. The van der Waals surface area contributed by atoms with Crippen molar-refractivity contribution in [2.24, 2.45) is 0 Å². The molecule has 7 heteroatoms. The number of nitrogens with one attached hydrogen (secondary N) is 1. The summed E-state index contributed by atoms with van der Waals surface area (Å²) in [6, 6.07) is 12.9. The Balaban J connectivity index is 1.71. The number of anilines is 1. The number of pyridine rings is 1. The molecule has 1 N–H and O–H groups in total. The molecule has 5 nitrogen and oxygen atoms in total. The molecule has 0 aliphatic carbocycles. The highest BCUT2D eigenvalue weighted by Crippen LogP contribution is 2.31. The topological polar surface area (TPSA) is 60.5 Å². The SMILES string of the molecule is COc1cc(C)ccc1Oc1ccc(NC(=O)c2ccc(F)cc2I)cn1. The molecule has 0 spiro atoms. The van der Waals surface area contributed by atoms with Crippen LogP contribution in [0.5, 0.6) is 17.4 Å². The van der Waals surface area contributed by atoms with Crippen molar-refractivity contribution in [2.45, 2.75) is 6.92 Å². The highest BCUT2D eigenvalue weighted by Gasteiger charge is 2.12. The van der Waals surface area contributed by atoms with Gasteiger partial charge in [0.25, 0.3) is 5.91 Å². The molecule has 0 atom stereocenters. The van der Waals surface area contributed by atoms with Gasteiger partial charge in [0.15, 0.2) is 11.5 Å². The summed E-state index contributed by atoms with van der Waals surface area (Å²) in [5.41, 5.74) is 1.95. The largest absolute Gasteiger partial charge is 0.493 e. The monoisotopic (exact) mass is 478 g/mol. The summed E-state index contributed by atoms with van der Waals surface area (Å²) in [6.07, 6.45) is 1.49. The average molecular weight is 478 g/mol. The second-order valence-electron chi connectivity index (χ2n) is 5.72. The fourth-order valence-electron chi connectivity index (χ4n) is 2.36. The zero-order chi connectivity index (χ0) is 19.4. The predicted molar refractivity (Wildman–Crippen MR) is 109 cm³/mol. The van der Waals surface area contributed by atoms with E-state index in [0.717, 1.165) is 5.56 Å². The number of aromatic nitrogens is 1. The van der Waals surface area contributed by atoms with Crippen LogP contribution in [0, 0.1) is 16.3 Å². The number of nitrogens with zero attached hydrogens (tertiary/aromatic N) is 1. The summed E-state index contributed by atoms with van der Waals surface area (Å²) in [5.74, 6) is 0.806. The van der Waals surface area contributed by atoms with Crippen LogP contribution in [0.25, 0.3) is 0 Å². The summed E-state index contributed by atoms with van der Waals surface area (Å²) in [5, 5.41) is 2.73. The Bertz CT molecular complexity index is 977. The molecule has 0 aliphatic rings. The van der Waals surface area contributed by atoms with Crippen LogP contribution in [-0.2, 0) is 0 Å². The Labute approximate surface area is 169 Å². The molecule has 0 unspecified atom stereocenters. The summed E-state index contributed by atoms with van der Waals surface area (Å²) in [6.45, 7) is 1.96. The first-order chi connectivity index (χ1) is 13.0. The number of aryl methyl sites for hydroxylation is 1. The highest BCUT2D eigenvalue weighted by molar-refractivity contribution is 14.1. The van der Waals surface area contributed by atoms with E-state index in [-0.39, 0.29) is 11.7 Å². The molecule has 138 valence electrons. The third-order valence-electron chi connectivity index (χ3n) is 3.70. The standard InChI is InChI=1S/C20H16FIN2O3/c1-12-3-7-17(18(9-12)26-2)27-19-8-5-14(11-23-19)24-20(25)15-6-4-13(21)10-16(15)22/h3-11H,1-2H3,(H,24,25). The first-order valence-corrected chi connectivity index (χ1v) is 9.09. The van der Waals surface area contributed by atoms with E-state index < -0.39 is 0 Å². The molecule has 3 aromatic rings. The number of halogens is 2. The van der Waals surface area contributed by atoms with Crippen LogP contribution in [0.2, 0.25) is 0 Å². The number of hydrogen-bond donors (Lipinski definition) is 1. The lowest BCUT2D eigenvalue weighted by Gasteiger charge is -2.11. The van der Waals surface area contributed by atoms with Crippen molar-refractivity contribution >= 4 is 34.2 Å². The Morgan fingerprint density at radius 1 is 1.11 bits per heavy atom. The van der Waals surface area contributed by atoms with Gasteiger partial charge in [-0.1, -0.05) is 6.07 Å². The zero-order valence-corrected chi connectivity index (χ0v) is 16.8. The zero-order valence-electron chi connectivity index (χ0n) is 14.6. The molecule has 1 amide bonds. The fourth-order valence-corrected chi connectivity index (χ4v) is 3.08. The van der Waals surface area contributed by atoms with Gasteiger partial charge in [-0.3, -0.25) is 4.79 Å². The number of amides is 1. The van der Waals surface area contributed by atoms with Gasteiger partial charge in [0, 0.05) is 9.64 Å². The van der Waals surface area contributed by atoms with Gasteiger partial charge in [-0.2, -0.15) is 0 Å². The molecular formula is C20H16FIN2O3. The molecule has 1 aromatic heterocycles. The van der Waals surface area contributed by atoms with E-state index in [0.29, 0.717) is 32.2 Å². The lowest BCUT2D eigenvalue weighted by molar-refractivity contribution is 0.102. The van der Waals surface area contributed by atoms with Crippen molar-refractivity contribution < 1.29 is 18.7 Å². The van der Waals surface area contributed by atoms with E-state index in [9.17, 15) is 9.18 Å². The van der Waals surface area contributed by atoms with Gasteiger partial charge in [-0.15, -0.1) is 0 Å². The van der Waals surface area contributed by atoms with E-state index >= 15 is 0 Å². The van der Waals surface area contributed by atoms with Crippen molar-refractivity contribution in [3.63, 3.8) is 0 Å². The molecule has 0 saturated heterocycles. The van der Waals surface area contributed by atoms with Gasteiger partial charge >= 0.3 is 0 Å². The second kappa shape index (κ2) is 8.34. The van der Waals surface area contributed by atoms with Crippen molar-refractivity contribution in [2.75, 3.05) is 12.4 Å². The summed E-state index contributed by atoms with van der Waals surface area (Å²) >= 11 is 1.92. The molecular weight excluding hydrogens is 462 g/mol. The summed E-state index contributed by atoms with van der Waals surface area (Å²) in [4.78, 5) is 16.5. The first kappa shape index (κ1) is 19.1. The lowest BCUT2D eigenvalue weighted by atomic mass is 10.2. The van der Waals surface area contributed by atoms with Crippen molar-refractivity contribution in [1.82, 2.24) is 4.98 Å². The number of hydrogen-bond acceptors (Lipinski definition) is 4. The molecule has 0 bridgehead atoms. The smallest absolute Gasteiger partial charge is 0.256 e. The minimum Gasteiger partial charge on any atom is -0.493 e. The van der Waals surface area contributed by atoms with Crippen molar-refractivity contribution in [3.8, 4) is 17.4 Å². The van der Waals surface area contributed by atoms with Crippen LogP contribution in [0.1, 0.15) is 15.9 Å². The first-order valence-electron chi connectivity index (χ1n) is 8.01. The second-order valence-corrected chi connectivity index (χ2v) is 6.88. The number of carbonyl (C=O) groups excluding carboxylic acids is 1. The van der Waals surface area contributed by atoms with Gasteiger partial charge < -0.3 is 14.8 Å².